The number of phosphoric acid groups is 2. The minimum Gasteiger partial charge on any atom is -0.462 e. The number of carbonyl (C=O) groups excluding carboxylic acids is 4. The Morgan fingerprint density at radius 1 is 0.287 bits per heavy atom. The lowest BCUT2D eigenvalue weighted by atomic mass is 10.0. The van der Waals surface area contributed by atoms with E-state index in [-0.39, 0.29) is 25.7 Å². The molecule has 0 aromatic rings. The zero-order valence-corrected chi connectivity index (χ0v) is 63.1. The number of esters is 4. The topological polar surface area (TPSA) is 237 Å². The monoisotopic (exact) mass is 1380 g/mol. The molecule has 558 valence electrons. The zero-order chi connectivity index (χ0) is 69.3. The molecule has 19 heteroatoms. The molecule has 0 spiro atoms. The Balaban J connectivity index is 5.14. The average molecular weight is 1380 g/mol. The van der Waals surface area contributed by atoms with Gasteiger partial charge >= 0.3 is 39.5 Å². The van der Waals surface area contributed by atoms with Crippen molar-refractivity contribution in [3.05, 3.63) is 0 Å². The summed E-state index contributed by atoms with van der Waals surface area (Å²) in [6.45, 7) is 9.48. The van der Waals surface area contributed by atoms with Gasteiger partial charge in [-0.05, 0) is 37.5 Å². The summed E-state index contributed by atoms with van der Waals surface area (Å²) in [5.74, 6) is -0.637. The number of hydrogen-bond acceptors (Lipinski definition) is 15. The van der Waals surface area contributed by atoms with Gasteiger partial charge in [0.2, 0.25) is 0 Å². The Bertz CT molecular complexity index is 1820. The smallest absolute Gasteiger partial charge is 0.462 e. The van der Waals surface area contributed by atoms with E-state index < -0.39 is 97.5 Å². The quantitative estimate of drug-likeness (QED) is 0.0222. The number of ether oxygens (including phenoxy) is 4. The molecular weight excluding hydrogens is 1230 g/mol. The summed E-state index contributed by atoms with van der Waals surface area (Å²) in [5, 5.41) is 10.6. The summed E-state index contributed by atoms with van der Waals surface area (Å²) in [6.07, 6.45) is 54.6. The third-order valence-electron chi connectivity index (χ3n) is 17.5. The maximum atomic E-state index is 13.1. The lowest BCUT2D eigenvalue weighted by Gasteiger charge is -2.21. The number of phosphoric ester groups is 2. The molecule has 0 saturated heterocycles. The minimum atomic E-state index is -4.96. The van der Waals surface area contributed by atoms with Crippen LogP contribution in [0.15, 0.2) is 0 Å². The van der Waals surface area contributed by atoms with Crippen LogP contribution < -0.4 is 0 Å². The molecule has 0 aliphatic rings. The van der Waals surface area contributed by atoms with E-state index in [1.165, 1.54) is 193 Å². The largest absolute Gasteiger partial charge is 0.472 e. The van der Waals surface area contributed by atoms with Crippen LogP contribution in [0.5, 0.6) is 0 Å². The van der Waals surface area contributed by atoms with Crippen LogP contribution in [0.2, 0.25) is 0 Å². The Morgan fingerprint density at radius 2 is 0.489 bits per heavy atom. The van der Waals surface area contributed by atoms with Gasteiger partial charge < -0.3 is 33.8 Å². The molecule has 0 saturated carbocycles. The molecule has 0 bridgehead atoms. The highest BCUT2D eigenvalue weighted by molar-refractivity contribution is 7.47. The van der Waals surface area contributed by atoms with Crippen molar-refractivity contribution in [1.82, 2.24) is 0 Å². The van der Waals surface area contributed by atoms with Crippen LogP contribution in [-0.4, -0.2) is 96.7 Å². The molecular formula is C75H146O17P2. The van der Waals surface area contributed by atoms with Crippen molar-refractivity contribution in [1.29, 1.82) is 0 Å². The van der Waals surface area contributed by atoms with E-state index in [4.69, 9.17) is 37.0 Å². The van der Waals surface area contributed by atoms with Gasteiger partial charge in [0.15, 0.2) is 12.2 Å². The van der Waals surface area contributed by atoms with Crippen molar-refractivity contribution in [3.63, 3.8) is 0 Å². The molecule has 0 amide bonds. The van der Waals surface area contributed by atoms with Crippen molar-refractivity contribution in [2.24, 2.45) is 11.8 Å². The first-order valence-corrected chi connectivity index (χ1v) is 42.0. The van der Waals surface area contributed by atoms with Crippen LogP contribution in [0.4, 0.5) is 0 Å². The van der Waals surface area contributed by atoms with Crippen LogP contribution in [0, 0.1) is 11.8 Å². The Morgan fingerprint density at radius 3 is 0.723 bits per heavy atom. The summed E-state index contributed by atoms with van der Waals surface area (Å²) in [5.41, 5.74) is 0. The minimum absolute atomic E-state index is 0.102. The van der Waals surface area contributed by atoms with Gasteiger partial charge in [-0.2, -0.15) is 0 Å². The summed E-state index contributed by atoms with van der Waals surface area (Å²) in [4.78, 5) is 72.5. The Labute approximate surface area is 575 Å². The van der Waals surface area contributed by atoms with E-state index in [0.29, 0.717) is 31.6 Å². The van der Waals surface area contributed by atoms with Gasteiger partial charge in [0.1, 0.15) is 19.3 Å². The van der Waals surface area contributed by atoms with E-state index in [9.17, 15) is 43.2 Å². The molecule has 0 aliphatic heterocycles. The highest BCUT2D eigenvalue weighted by Crippen LogP contribution is 2.45. The maximum absolute atomic E-state index is 13.1. The van der Waals surface area contributed by atoms with Gasteiger partial charge in [-0.25, -0.2) is 9.13 Å². The molecule has 3 N–H and O–H groups in total. The summed E-state index contributed by atoms with van der Waals surface area (Å²) in [6, 6.07) is 0. The molecule has 0 aromatic heterocycles. The molecule has 5 atom stereocenters. The molecule has 94 heavy (non-hydrogen) atoms. The van der Waals surface area contributed by atoms with Crippen LogP contribution in [0.3, 0.4) is 0 Å². The molecule has 2 unspecified atom stereocenters. The number of aliphatic hydroxyl groups is 1. The molecule has 17 nitrogen and oxygen atoms in total. The summed E-state index contributed by atoms with van der Waals surface area (Å²) < 4.78 is 68.3. The fraction of sp³-hybridized carbons (Fsp3) is 0.947. The number of unbranched alkanes of at least 4 members (excludes halogenated alkanes) is 44. The fourth-order valence-electron chi connectivity index (χ4n) is 11.5. The van der Waals surface area contributed by atoms with Crippen LogP contribution in [0.25, 0.3) is 0 Å². The van der Waals surface area contributed by atoms with Gasteiger partial charge in [0.25, 0.3) is 0 Å². The highest BCUT2D eigenvalue weighted by atomic mass is 31.2. The van der Waals surface area contributed by atoms with Gasteiger partial charge in [0.05, 0.1) is 26.4 Å². The molecule has 0 rings (SSSR count). The predicted molar refractivity (Wildman–Crippen MR) is 381 cm³/mol. The van der Waals surface area contributed by atoms with Crippen LogP contribution in [0.1, 0.15) is 388 Å². The second-order valence-corrected chi connectivity index (χ2v) is 30.9. The zero-order valence-electron chi connectivity index (χ0n) is 61.3. The van der Waals surface area contributed by atoms with Gasteiger partial charge in [-0.1, -0.05) is 337 Å². The second-order valence-electron chi connectivity index (χ2n) is 28.0. The summed E-state index contributed by atoms with van der Waals surface area (Å²) >= 11 is 0. The van der Waals surface area contributed by atoms with Crippen molar-refractivity contribution in [2.45, 2.75) is 407 Å². The normalized spacial score (nSPS) is 14.0. The first-order chi connectivity index (χ1) is 45.4. The molecule has 0 heterocycles. The van der Waals surface area contributed by atoms with Gasteiger partial charge in [-0.15, -0.1) is 0 Å². The first-order valence-electron chi connectivity index (χ1n) is 39.0. The molecule has 0 radical (unpaired) electrons. The number of hydrogen-bond donors (Lipinski definition) is 3. The number of rotatable bonds is 74. The summed E-state index contributed by atoms with van der Waals surface area (Å²) in [7, 11) is -9.90. The fourth-order valence-corrected chi connectivity index (χ4v) is 13.1. The van der Waals surface area contributed by atoms with Gasteiger partial charge in [-0.3, -0.25) is 37.3 Å². The maximum Gasteiger partial charge on any atom is 0.472 e. The van der Waals surface area contributed by atoms with Crippen molar-refractivity contribution in [2.75, 3.05) is 39.6 Å². The second kappa shape index (κ2) is 66.9. The van der Waals surface area contributed by atoms with E-state index in [0.717, 1.165) is 109 Å². The Hall–Kier alpha value is -1.94. The highest BCUT2D eigenvalue weighted by Gasteiger charge is 2.30. The van der Waals surface area contributed by atoms with Crippen molar-refractivity contribution in [3.8, 4) is 0 Å². The average Bonchev–Trinajstić information content (AvgIpc) is 2.33. The lowest BCUT2D eigenvalue weighted by molar-refractivity contribution is -0.161. The lowest BCUT2D eigenvalue weighted by Crippen LogP contribution is -2.30. The third-order valence-corrected chi connectivity index (χ3v) is 19.4. The van der Waals surface area contributed by atoms with Crippen molar-refractivity contribution < 1.29 is 80.2 Å². The predicted octanol–water partition coefficient (Wildman–Crippen LogP) is 21.9. The van der Waals surface area contributed by atoms with E-state index in [1.54, 1.807) is 0 Å². The van der Waals surface area contributed by atoms with Gasteiger partial charge in [0, 0.05) is 25.7 Å². The van der Waals surface area contributed by atoms with Crippen LogP contribution in [-0.2, 0) is 65.4 Å². The van der Waals surface area contributed by atoms with E-state index in [1.807, 2.05) is 0 Å². The van der Waals surface area contributed by atoms with Crippen LogP contribution >= 0.6 is 15.6 Å². The molecule has 0 aromatic carbocycles. The first kappa shape index (κ1) is 92.1. The van der Waals surface area contributed by atoms with E-state index in [2.05, 4.69) is 41.5 Å². The molecule has 0 aliphatic carbocycles. The number of aliphatic hydroxyl groups excluding tert-OH is 1. The SMILES string of the molecule is CCCCCCCCCCCCCCCCCCCC(=O)OC[C@H](COP(=O)(O)OC[C@@H](O)COP(=O)(O)OC[C@@H](COC(=O)CCCCCCCCC)OC(=O)CCCCCCCCC(C)C)OC(=O)CCCCCCCCCCCCCCCCCCCCC(C)C. The third kappa shape index (κ3) is 68.6. The molecule has 0 fully saturated rings. The number of carbonyl (C=O) groups is 4. The Kier molecular flexibility index (Phi) is 65.5. The van der Waals surface area contributed by atoms with E-state index >= 15 is 0 Å². The standard InChI is InChI=1S/C75H146O17P2/c1-7-9-11-13-15-16-17-18-19-22-26-29-32-35-39-46-52-58-73(78)86-64-70(91-74(79)59-53-47-40-36-33-30-27-24-21-20-23-25-28-31-34-38-43-49-55-67(3)4)65-89-93(81,82)87-61-69(76)62-88-94(83,84)90-66-71(63-85-72(77)57-51-45-37-14-12-10-8-2)92-75(80)60-54-48-42-41-44-50-56-68(5)6/h67-71,76H,7-66H2,1-6H3,(H,81,82)(H,83,84)/t69-,70-,71-/m1/s1. The van der Waals surface area contributed by atoms with Crippen molar-refractivity contribution >= 4 is 39.5 Å².